The van der Waals surface area contributed by atoms with Gasteiger partial charge in [0.15, 0.2) is 0 Å². The van der Waals surface area contributed by atoms with Crippen LogP contribution < -0.4 is 5.32 Å². The Bertz CT molecular complexity index is 440. The second-order valence-electron chi connectivity index (χ2n) is 3.08. The minimum absolute atomic E-state index is 0.297. The Morgan fingerprint density at radius 1 is 1.33 bits per heavy atom. The van der Waals surface area contributed by atoms with Crippen molar-refractivity contribution >= 4 is 5.69 Å². The van der Waals surface area contributed by atoms with Crippen LogP contribution in [0.5, 0.6) is 0 Å². The van der Waals surface area contributed by atoms with Crippen LogP contribution in [0, 0.1) is 11.6 Å². The Hall–Kier alpha value is -1.91. The first kappa shape index (κ1) is 9.64. The van der Waals surface area contributed by atoms with E-state index in [0.29, 0.717) is 12.1 Å². The van der Waals surface area contributed by atoms with Gasteiger partial charge in [-0.15, -0.1) is 0 Å². The maximum Gasteiger partial charge on any atom is 0.131 e. The molecule has 15 heavy (non-hydrogen) atoms. The van der Waals surface area contributed by atoms with Crippen LogP contribution in [0.15, 0.2) is 30.6 Å². The van der Waals surface area contributed by atoms with Crippen molar-refractivity contribution in [2.45, 2.75) is 6.54 Å². The van der Waals surface area contributed by atoms with Crippen molar-refractivity contribution in [3.63, 3.8) is 0 Å². The van der Waals surface area contributed by atoms with Gasteiger partial charge in [-0.05, 0) is 6.07 Å². The van der Waals surface area contributed by atoms with E-state index in [1.54, 1.807) is 12.4 Å². The Morgan fingerprint density at radius 3 is 2.87 bits per heavy atom. The largest absolute Gasteiger partial charge is 0.378 e. The van der Waals surface area contributed by atoms with Crippen molar-refractivity contribution < 1.29 is 8.78 Å². The number of benzene rings is 1. The summed E-state index contributed by atoms with van der Waals surface area (Å²) in [5.74, 6) is -1.12. The van der Waals surface area contributed by atoms with Gasteiger partial charge < -0.3 is 5.32 Å². The minimum atomic E-state index is -0.570. The third-order valence-corrected chi connectivity index (χ3v) is 2.00. The Labute approximate surface area is 85.1 Å². The Balaban J connectivity index is 2.05. The molecule has 2 rings (SSSR count). The van der Waals surface area contributed by atoms with Gasteiger partial charge in [-0.3, -0.25) is 5.10 Å². The first-order chi connectivity index (χ1) is 7.25. The summed E-state index contributed by atoms with van der Waals surface area (Å²) in [6.45, 7) is 0.297. The van der Waals surface area contributed by atoms with E-state index in [4.69, 9.17) is 0 Å². The third kappa shape index (κ3) is 2.31. The predicted octanol–water partition coefficient (Wildman–Crippen LogP) is 2.30. The normalized spacial score (nSPS) is 10.3. The van der Waals surface area contributed by atoms with Crippen molar-refractivity contribution in [2.75, 3.05) is 5.32 Å². The first-order valence-electron chi connectivity index (χ1n) is 4.42. The average Bonchev–Trinajstić information content (AvgIpc) is 2.69. The number of anilines is 1. The number of halogens is 2. The maximum atomic E-state index is 13.2. The summed E-state index contributed by atoms with van der Waals surface area (Å²) in [5, 5.41) is 9.30. The van der Waals surface area contributed by atoms with Crippen molar-refractivity contribution in [3.8, 4) is 0 Å². The molecule has 0 atom stereocenters. The molecule has 0 aliphatic rings. The highest BCUT2D eigenvalue weighted by molar-refractivity contribution is 5.38. The highest BCUT2D eigenvalue weighted by Crippen LogP contribution is 2.11. The van der Waals surface area contributed by atoms with Crippen LogP contribution in [0.25, 0.3) is 0 Å². The molecule has 2 aromatic rings. The molecule has 0 amide bonds. The summed E-state index contributed by atoms with van der Waals surface area (Å²) < 4.78 is 25.8. The number of H-pyrrole nitrogens is 1. The number of hydrogen-bond donors (Lipinski definition) is 2. The van der Waals surface area contributed by atoms with E-state index in [2.05, 4.69) is 15.5 Å². The van der Waals surface area contributed by atoms with Crippen molar-refractivity contribution in [1.29, 1.82) is 0 Å². The van der Waals surface area contributed by atoms with Gasteiger partial charge in [0.25, 0.3) is 0 Å². The molecule has 0 fully saturated rings. The van der Waals surface area contributed by atoms with E-state index in [0.717, 1.165) is 11.8 Å². The van der Waals surface area contributed by atoms with Gasteiger partial charge in [0.2, 0.25) is 0 Å². The van der Waals surface area contributed by atoms with E-state index in [1.807, 2.05) is 0 Å². The fourth-order valence-electron chi connectivity index (χ4n) is 1.21. The van der Waals surface area contributed by atoms with Crippen LogP contribution in [0.1, 0.15) is 5.56 Å². The number of aromatic amines is 1. The second kappa shape index (κ2) is 4.08. The summed E-state index contributed by atoms with van der Waals surface area (Å²) in [6.07, 6.45) is 3.24. The monoisotopic (exact) mass is 209 g/mol. The van der Waals surface area contributed by atoms with Gasteiger partial charge in [0, 0.05) is 24.4 Å². The zero-order valence-electron chi connectivity index (χ0n) is 7.80. The fraction of sp³-hybridized carbons (Fsp3) is 0.100. The van der Waals surface area contributed by atoms with Crippen molar-refractivity contribution in [1.82, 2.24) is 10.2 Å². The number of rotatable bonds is 3. The summed E-state index contributed by atoms with van der Waals surface area (Å²) in [4.78, 5) is 0. The quantitative estimate of drug-likeness (QED) is 0.814. The minimum Gasteiger partial charge on any atom is -0.378 e. The number of aromatic nitrogens is 2. The van der Waals surface area contributed by atoms with Crippen LogP contribution in [0.2, 0.25) is 0 Å². The van der Waals surface area contributed by atoms with Gasteiger partial charge in [0.1, 0.15) is 11.6 Å². The highest BCUT2D eigenvalue weighted by atomic mass is 19.1. The molecule has 0 bridgehead atoms. The summed E-state index contributed by atoms with van der Waals surface area (Å²) >= 11 is 0. The Kier molecular flexibility index (Phi) is 2.62. The molecule has 0 spiro atoms. The lowest BCUT2D eigenvalue weighted by molar-refractivity contribution is 0.574. The zero-order valence-corrected chi connectivity index (χ0v) is 7.80. The van der Waals surface area contributed by atoms with Crippen molar-refractivity contribution in [3.05, 3.63) is 47.8 Å². The van der Waals surface area contributed by atoms with Gasteiger partial charge in [-0.25, -0.2) is 8.78 Å². The molecule has 2 N–H and O–H groups in total. The lowest BCUT2D eigenvalue weighted by Gasteiger charge is -2.04. The van der Waals surface area contributed by atoms with Gasteiger partial charge in [0.05, 0.1) is 11.9 Å². The van der Waals surface area contributed by atoms with Gasteiger partial charge >= 0.3 is 0 Å². The number of hydrogen-bond acceptors (Lipinski definition) is 2. The molecule has 1 aromatic heterocycles. The average molecular weight is 209 g/mol. The number of nitrogens with one attached hydrogen (secondary N) is 2. The lowest BCUT2D eigenvalue weighted by Crippen LogP contribution is -2.01. The van der Waals surface area contributed by atoms with Crippen LogP contribution >= 0.6 is 0 Å². The molecule has 0 saturated heterocycles. The van der Waals surface area contributed by atoms with E-state index in [9.17, 15) is 8.78 Å². The molecule has 0 radical (unpaired) electrons. The molecule has 5 heteroatoms. The van der Waals surface area contributed by atoms with E-state index < -0.39 is 11.6 Å². The molecular weight excluding hydrogens is 200 g/mol. The molecule has 0 unspecified atom stereocenters. The molecule has 1 heterocycles. The lowest BCUT2D eigenvalue weighted by atomic mass is 10.2. The summed E-state index contributed by atoms with van der Waals surface area (Å²) in [5.41, 5.74) is 1.18. The van der Waals surface area contributed by atoms with Crippen LogP contribution in [0.4, 0.5) is 14.5 Å². The fourth-order valence-corrected chi connectivity index (χ4v) is 1.21. The standard InChI is InChI=1S/C10H9F2N3/c11-8-2-1-7(10(12)3-8)4-13-9-5-14-15-6-9/h1-3,5-6,13H,4H2,(H,14,15). The summed E-state index contributed by atoms with van der Waals surface area (Å²) in [7, 11) is 0. The van der Waals surface area contributed by atoms with Gasteiger partial charge in [-0.2, -0.15) is 5.10 Å². The van der Waals surface area contributed by atoms with E-state index in [1.165, 1.54) is 12.1 Å². The molecule has 1 aromatic carbocycles. The first-order valence-corrected chi connectivity index (χ1v) is 4.42. The smallest absolute Gasteiger partial charge is 0.131 e. The highest BCUT2D eigenvalue weighted by Gasteiger charge is 2.03. The van der Waals surface area contributed by atoms with Crippen LogP contribution in [0.3, 0.4) is 0 Å². The topological polar surface area (TPSA) is 40.7 Å². The summed E-state index contributed by atoms with van der Waals surface area (Å²) in [6, 6.07) is 3.51. The Morgan fingerprint density at radius 2 is 2.20 bits per heavy atom. The molecular formula is C10H9F2N3. The molecule has 0 aliphatic heterocycles. The molecule has 0 aliphatic carbocycles. The SMILES string of the molecule is Fc1ccc(CNc2cn[nH]c2)c(F)c1. The third-order valence-electron chi connectivity index (χ3n) is 2.00. The maximum absolute atomic E-state index is 13.2. The van der Waals surface area contributed by atoms with E-state index in [-0.39, 0.29) is 0 Å². The van der Waals surface area contributed by atoms with E-state index >= 15 is 0 Å². The number of nitrogens with zero attached hydrogens (tertiary/aromatic N) is 1. The van der Waals surface area contributed by atoms with Crippen LogP contribution in [-0.2, 0) is 6.54 Å². The zero-order chi connectivity index (χ0) is 10.7. The van der Waals surface area contributed by atoms with Crippen LogP contribution in [-0.4, -0.2) is 10.2 Å². The van der Waals surface area contributed by atoms with Gasteiger partial charge in [-0.1, -0.05) is 6.07 Å². The van der Waals surface area contributed by atoms with Crippen molar-refractivity contribution in [2.24, 2.45) is 0 Å². The molecule has 0 saturated carbocycles. The molecule has 78 valence electrons. The predicted molar refractivity (Wildman–Crippen MR) is 52.3 cm³/mol. The second-order valence-corrected chi connectivity index (χ2v) is 3.08. The molecule has 3 nitrogen and oxygen atoms in total.